The lowest BCUT2D eigenvalue weighted by molar-refractivity contribution is 0.111. The van der Waals surface area contributed by atoms with E-state index in [4.69, 9.17) is 9.15 Å². The van der Waals surface area contributed by atoms with Crippen LogP contribution in [-0.2, 0) is 0 Å². The lowest BCUT2D eigenvalue weighted by atomic mass is 10.3. The molecule has 0 spiro atoms. The summed E-state index contributed by atoms with van der Waals surface area (Å²) in [6.07, 6.45) is 1.92. The van der Waals surface area contributed by atoms with Crippen molar-refractivity contribution in [2.75, 3.05) is 0 Å². The van der Waals surface area contributed by atoms with Crippen LogP contribution in [0.25, 0.3) is 0 Å². The molecule has 1 aromatic carbocycles. The van der Waals surface area contributed by atoms with E-state index < -0.39 is 0 Å². The number of halogens is 1. The highest BCUT2D eigenvalue weighted by Crippen LogP contribution is 2.21. The molecule has 0 amide bonds. The second-order valence-corrected chi connectivity index (χ2v) is 3.96. The van der Waals surface area contributed by atoms with E-state index in [0.29, 0.717) is 12.0 Å². The average molecular weight is 315 g/mol. The van der Waals surface area contributed by atoms with Crippen LogP contribution in [0.3, 0.4) is 0 Å². The molecule has 0 unspecified atom stereocenters. The molecule has 0 atom stereocenters. The molecular formula is C10H6INO3. The Balaban J connectivity index is 2.18. The van der Waals surface area contributed by atoms with Crippen molar-refractivity contribution in [3.63, 3.8) is 0 Å². The Morgan fingerprint density at radius 3 is 3.00 bits per heavy atom. The molecule has 15 heavy (non-hydrogen) atoms. The molecule has 0 saturated heterocycles. The topological polar surface area (TPSA) is 52.3 Å². The quantitative estimate of drug-likeness (QED) is 0.645. The van der Waals surface area contributed by atoms with Crippen molar-refractivity contribution in [1.82, 2.24) is 4.98 Å². The summed E-state index contributed by atoms with van der Waals surface area (Å²) in [4.78, 5) is 14.1. The summed E-state index contributed by atoms with van der Waals surface area (Å²) < 4.78 is 11.3. The molecular weight excluding hydrogens is 309 g/mol. The average Bonchev–Trinajstić information content (AvgIpc) is 2.65. The van der Waals surface area contributed by atoms with Gasteiger partial charge in [-0.3, -0.25) is 4.79 Å². The van der Waals surface area contributed by atoms with Crippen molar-refractivity contribution >= 4 is 28.9 Å². The van der Waals surface area contributed by atoms with Crippen LogP contribution in [0, 0.1) is 3.57 Å². The number of ether oxygens (including phenoxy) is 1. The number of aromatic nitrogens is 1. The van der Waals surface area contributed by atoms with Crippen molar-refractivity contribution in [2.24, 2.45) is 0 Å². The van der Waals surface area contributed by atoms with Crippen LogP contribution < -0.4 is 4.74 Å². The van der Waals surface area contributed by atoms with Crippen LogP contribution >= 0.6 is 22.6 Å². The maximum absolute atomic E-state index is 10.3. The molecule has 76 valence electrons. The van der Waals surface area contributed by atoms with Gasteiger partial charge < -0.3 is 9.15 Å². The minimum atomic E-state index is 0.0686. The molecule has 0 aliphatic rings. The number of hydrogen-bond donors (Lipinski definition) is 0. The normalized spacial score (nSPS) is 9.93. The third-order valence-corrected chi connectivity index (χ3v) is 2.29. The molecule has 0 radical (unpaired) electrons. The summed E-state index contributed by atoms with van der Waals surface area (Å²) >= 11 is 2.17. The highest BCUT2D eigenvalue weighted by atomic mass is 127. The summed E-state index contributed by atoms with van der Waals surface area (Å²) in [5.41, 5.74) is 0.218. The number of rotatable bonds is 3. The number of carbonyl (C=O) groups is 1. The van der Waals surface area contributed by atoms with Gasteiger partial charge in [-0.1, -0.05) is 6.07 Å². The summed E-state index contributed by atoms with van der Waals surface area (Å²) in [6, 6.07) is 7.43. The van der Waals surface area contributed by atoms with E-state index in [1.54, 1.807) is 6.07 Å². The number of carbonyl (C=O) groups excluding carboxylic acids is 1. The highest BCUT2D eigenvalue weighted by molar-refractivity contribution is 14.1. The van der Waals surface area contributed by atoms with Gasteiger partial charge in [-0.2, -0.15) is 4.98 Å². The zero-order valence-corrected chi connectivity index (χ0v) is 9.67. The molecule has 0 saturated carbocycles. The first-order valence-electron chi connectivity index (χ1n) is 4.12. The molecule has 1 aromatic heterocycles. The van der Waals surface area contributed by atoms with Gasteiger partial charge in [-0.15, -0.1) is 0 Å². The lowest BCUT2D eigenvalue weighted by Gasteiger charge is -1.99. The maximum Gasteiger partial charge on any atom is 0.399 e. The molecule has 1 heterocycles. The standard InChI is InChI=1S/C10H6INO3/c11-7-2-1-3-9(4-7)15-10-12-8(5-13)6-14-10/h1-6H. The van der Waals surface area contributed by atoms with E-state index in [9.17, 15) is 4.79 Å². The van der Waals surface area contributed by atoms with Crippen LogP contribution in [0.15, 0.2) is 34.9 Å². The molecule has 5 heteroatoms. The van der Waals surface area contributed by atoms with Crippen molar-refractivity contribution < 1.29 is 13.9 Å². The lowest BCUT2D eigenvalue weighted by Crippen LogP contribution is -1.85. The van der Waals surface area contributed by atoms with Crippen molar-refractivity contribution in [2.45, 2.75) is 0 Å². The van der Waals surface area contributed by atoms with Crippen LogP contribution in [0.5, 0.6) is 11.8 Å². The first-order valence-corrected chi connectivity index (χ1v) is 5.20. The first-order chi connectivity index (χ1) is 7.28. The van der Waals surface area contributed by atoms with E-state index in [2.05, 4.69) is 27.6 Å². The van der Waals surface area contributed by atoms with Crippen LogP contribution in [0.2, 0.25) is 0 Å². The van der Waals surface area contributed by atoms with Gasteiger partial charge in [-0.25, -0.2) is 0 Å². The number of nitrogens with zero attached hydrogens (tertiary/aromatic N) is 1. The van der Waals surface area contributed by atoms with Crippen molar-refractivity contribution in [3.8, 4) is 11.8 Å². The molecule has 0 aliphatic heterocycles. The fourth-order valence-corrected chi connectivity index (χ4v) is 1.52. The summed E-state index contributed by atoms with van der Waals surface area (Å²) in [7, 11) is 0. The van der Waals surface area contributed by atoms with Crippen molar-refractivity contribution in [1.29, 1.82) is 0 Å². The van der Waals surface area contributed by atoms with Gasteiger partial charge >= 0.3 is 6.08 Å². The molecule has 2 aromatic rings. The van der Waals surface area contributed by atoms with Gasteiger partial charge in [0.05, 0.1) is 0 Å². The predicted molar refractivity (Wildman–Crippen MR) is 61.1 cm³/mol. The maximum atomic E-state index is 10.3. The molecule has 2 rings (SSSR count). The van der Waals surface area contributed by atoms with Gasteiger partial charge in [0, 0.05) is 3.57 Å². The largest absolute Gasteiger partial charge is 0.416 e. The predicted octanol–water partition coefficient (Wildman–Crippen LogP) is 2.88. The van der Waals surface area contributed by atoms with E-state index in [0.717, 1.165) is 3.57 Å². The van der Waals surface area contributed by atoms with Crippen molar-refractivity contribution in [3.05, 3.63) is 39.8 Å². The zero-order valence-electron chi connectivity index (χ0n) is 7.51. The van der Waals surface area contributed by atoms with Gasteiger partial charge in [-0.05, 0) is 40.8 Å². The zero-order chi connectivity index (χ0) is 10.7. The van der Waals surface area contributed by atoms with Crippen LogP contribution in [-0.4, -0.2) is 11.3 Å². The third kappa shape index (κ3) is 2.56. The van der Waals surface area contributed by atoms with Crippen LogP contribution in [0.4, 0.5) is 0 Å². The van der Waals surface area contributed by atoms with Gasteiger partial charge in [0.1, 0.15) is 17.7 Å². The molecule has 0 bridgehead atoms. The Hall–Kier alpha value is -1.37. The number of hydrogen-bond acceptors (Lipinski definition) is 4. The van der Waals surface area contributed by atoms with Crippen LogP contribution in [0.1, 0.15) is 10.5 Å². The van der Waals surface area contributed by atoms with E-state index in [1.165, 1.54) is 6.26 Å². The summed E-state index contributed by atoms with van der Waals surface area (Å²) in [5, 5.41) is 0. The molecule has 4 nitrogen and oxygen atoms in total. The Kier molecular flexibility index (Phi) is 3.00. The fraction of sp³-hybridized carbons (Fsp3) is 0. The Bertz CT molecular complexity index is 481. The van der Waals surface area contributed by atoms with Gasteiger partial charge in [0.25, 0.3) is 0 Å². The molecule has 0 N–H and O–H groups in total. The summed E-state index contributed by atoms with van der Waals surface area (Å²) in [5.74, 6) is 0.626. The highest BCUT2D eigenvalue weighted by Gasteiger charge is 2.05. The SMILES string of the molecule is O=Cc1coc(Oc2cccc(I)c2)n1. The smallest absolute Gasteiger partial charge is 0.399 e. The number of aldehydes is 1. The molecule has 0 fully saturated rings. The second-order valence-electron chi connectivity index (χ2n) is 2.72. The van der Waals surface area contributed by atoms with E-state index >= 15 is 0 Å². The van der Waals surface area contributed by atoms with E-state index in [-0.39, 0.29) is 11.8 Å². The minimum absolute atomic E-state index is 0.0686. The Morgan fingerprint density at radius 1 is 1.47 bits per heavy atom. The van der Waals surface area contributed by atoms with Gasteiger partial charge in [0.2, 0.25) is 0 Å². The summed E-state index contributed by atoms with van der Waals surface area (Å²) in [6.45, 7) is 0. The molecule has 0 aliphatic carbocycles. The fourth-order valence-electron chi connectivity index (χ4n) is 1.00. The Labute approximate surface area is 99.4 Å². The number of benzene rings is 1. The third-order valence-electron chi connectivity index (χ3n) is 1.62. The van der Waals surface area contributed by atoms with Gasteiger partial charge in [0.15, 0.2) is 6.29 Å². The monoisotopic (exact) mass is 315 g/mol. The first kappa shape index (κ1) is 10.2. The minimum Gasteiger partial charge on any atom is -0.416 e. The second kappa shape index (κ2) is 4.43. The van der Waals surface area contributed by atoms with E-state index in [1.807, 2.05) is 18.2 Å². The number of oxazole rings is 1. The Morgan fingerprint density at radius 2 is 2.33 bits per heavy atom.